The van der Waals surface area contributed by atoms with E-state index in [1.54, 1.807) is 25.3 Å². The minimum atomic E-state index is -0.571. The van der Waals surface area contributed by atoms with Gasteiger partial charge in [-0.25, -0.2) is 18.7 Å². The number of ether oxygens (including phenoxy) is 1. The number of methoxy groups -OCH3 is 1. The quantitative estimate of drug-likeness (QED) is 0.370. The second kappa shape index (κ2) is 8.14. The fourth-order valence-corrected chi connectivity index (χ4v) is 4.35. The molecule has 172 valence electrons. The first-order valence-electron chi connectivity index (χ1n) is 10.6. The van der Waals surface area contributed by atoms with Crippen LogP contribution in [0.5, 0.6) is 5.75 Å². The zero-order valence-corrected chi connectivity index (χ0v) is 19.8. The highest BCUT2D eigenvalue weighted by Crippen LogP contribution is 2.32. The molecule has 0 aliphatic carbocycles. The van der Waals surface area contributed by atoms with Gasteiger partial charge in [0.15, 0.2) is 16.9 Å². The van der Waals surface area contributed by atoms with Crippen LogP contribution in [-0.2, 0) is 7.05 Å². The van der Waals surface area contributed by atoms with Crippen molar-refractivity contribution in [3.05, 3.63) is 81.0 Å². The van der Waals surface area contributed by atoms with E-state index in [2.05, 4.69) is 45.6 Å². The topological polar surface area (TPSA) is 79.6 Å². The Kier molecular flexibility index (Phi) is 5.25. The average Bonchev–Trinajstić information content (AvgIpc) is 3.33. The number of fused-ring (bicyclic) bond motifs is 1. The van der Waals surface area contributed by atoms with E-state index in [0.29, 0.717) is 11.4 Å². The van der Waals surface area contributed by atoms with E-state index >= 15 is 0 Å². The number of nitrogens with one attached hydrogen (secondary N) is 2. The molecule has 3 aromatic carbocycles. The highest BCUT2D eigenvalue weighted by atomic mass is 35.5. The van der Waals surface area contributed by atoms with Crippen molar-refractivity contribution in [2.75, 3.05) is 7.11 Å². The Hall–Kier alpha value is -3.91. The smallest absolute Gasteiger partial charge is 0.348 e. The number of nitrogens with zero attached hydrogens (tertiary/aromatic N) is 3. The van der Waals surface area contributed by atoms with Crippen LogP contribution in [0, 0.1) is 19.7 Å². The van der Waals surface area contributed by atoms with Crippen LogP contribution < -0.4 is 15.0 Å². The molecule has 2 N–H and O–H groups in total. The maximum Gasteiger partial charge on any atom is 0.348 e. The number of imidazole rings is 1. The molecule has 2 heterocycles. The first-order chi connectivity index (χ1) is 16.3. The fourth-order valence-electron chi connectivity index (χ4n) is 4.10. The van der Waals surface area contributed by atoms with Gasteiger partial charge in [0.05, 0.1) is 30.4 Å². The summed E-state index contributed by atoms with van der Waals surface area (Å²) < 4.78 is 23.2. The second-order valence-corrected chi connectivity index (χ2v) is 8.57. The molecule has 2 aromatic heterocycles. The summed E-state index contributed by atoms with van der Waals surface area (Å²) in [6.07, 6.45) is 0. The number of aromatic nitrogens is 5. The molecule has 0 amide bonds. The number of halogens is 2. The Morgan fingerprint density at radius 2 is 1.85 bits per heavy atom. The Bertz CT molecular complexity index is 1610. The minimum Gasteiger partial charge on any atom is -0.496 e. The maximum atomic E-state index is 14.3. The Morgan fingerprint density at radius 1 is 1.09 bits per heavy atom. The number of H-pyrrole nitrogens is 2. The van der Waals surface area contributed by atoms with Gasteiger partial charge in [0, 0.05) is 6.07 Å². The van der Waals surface area contributed by atoms with Gasteiger partial charge in [-0.15, -0.1) is 5.10 Å². The van der Waals surface area contributed by atoms with E-state index < -0.39 is 11.5 Å². The van der Waals surface area contributed by atoms with Crippen molar-refractivity contribution in [3.8, 4) is 34.2 Å². The monoisotopic (exact) mass is 478 g/mol. The molecule has 0 saturated carbocycles. The second-order valence-electron chi connectivity index (χ2n) is 8.16. The lowest BCUT2D eigenvalue weighted by Gasteiger charge is -2.08. The highest BCUT2D eigenvalue weighted by Gasteiger charge is 2.23. The third-order valence-corrected chi connectivity index (χ3v) is 6.38. The van der Waals surface area contributed by atoms with Crippen LogP contribution in [-0.4, -0.2) is 26.9 Å². The van der Waals surface area contributed by atoms with Crippen LogP contribution in [0.25, 0.3) is 39.5 Å². The van der Waals surface area contributed by atoms with Crippen LogP contribution >= 0.6 is 11.6 Å². The SMILES string of the molecule is COc1cc(-n2nc(-c3c(F)cccc3Cl)[nH]c2=O)ccc1-c1[nH]c2cc(C)c(C)cc2[n+]1C. The first-order valence-corrected chi connectivity index (χ1v) is 11.0. The van der Waals surface area contributed by atoms with Crippen molar-refractivity contribution in [2.45, 2.75) is 13.8 Å². The van der Waals surface area contributed by atoms with E-state index in [1.807, 2.05) is 13.1 Å². The lowest BCUT2D eigenvalue weighted by atomic mass is 10.1. The van der Waals surface area contributed by atoms with Gasteiger partial charge in [-0.05, 0) is 61.4 Å². The molecule has 0 spiro atoms. The molecule has 0 atom stereocenters. The van der Waals surface area contributed by atoms with Crippen molar-refractivity contribution in [1.29, 1.82) is 0 Å². The lowest BCUT2D eigenvalue weighted by Crippen LogP contribution is -2.29. The molecule has 0 bridgehead atoms. The van der Waals surface area contributed by atoms with Gasteiger partial charge in [-0.1, -0.05) is 17.7 Å². The summed E-state index contributed by atoms with van der Waals surface area (Å²) >= 11 is 6.14. The molecule has 0 fully saturated rings. The number of rotatable bonds is 4. The van der Waals surface area contributed by atoms with Crippen LogP contribution in [0.3, 0.4) is 0 Å². The van der Waals surface area contributed by atoms with Crippen LogP contribution in [0.2, 0.25) is 5.02 Å². The van der Waals surface area contributed by atoms with E-state index in [-0.39, 0.29) is 16.4 Å². The van der Waals surface area contributed by atoms with Gasteiger partial charge in [0.1, 0.15) is 17.1 Å². The van der Waals surface area contributed by atoms with Crippen LogP contribution in [0.1, 0.15) is 11.1 Å². The number of hydrogen-bond acceptors (Lipinski definition) is 3. The zero-order valence-electron chi connectivity index (χ0n) is 19.0. The van der Waals surface area contributed by atoms with E-state index in [4.69, 9.17) is 16.3 Å². The summed E-state index contributed by atoms with van der Waals surface area (Å²) in [7, 11) is 3.55. The number of hydrogen-bond donors (Lipinski definition) is 2. The van der Waals surface area contributed by atoms with Crippen molar-refractivity contribution in [3.63, 3.8) is 0 Å². The summed E-state index contributed by atoms with van der Waals surface area (Å²) in [5.41, 5.74) is 5.30. The standard InChI is InChI=1S/C25H21ClFN5O2/c1-13-10-19-20(11-14(13)2)31(3)24(28-19)16-9-8-15(12-21(16)34-4)32-25(33)29-23(30-32)22-17(26)6-5-7-18(22)27/h5-12H,1-4H3,(H,29,30,33)/p+1. The Morgan fingerprint density at radius 3 is 2.59 bits per heavy atom. The van der Waals surface area contributed by atoms with Crippen molar-refractivity contribution >= 4 is 22.6 Å². The molecular weight excluding hydrogens is 457 g/mol. The third kappa shape index (κ3) is 3.47. The third-order valence-electron chi connectivity index (χ3n) is 6.06. The van der Waals surface area contributed by atoms with Gasteiger partial charge < -0.3 is 4.74 Å². The Balaban J connectivity index is 1.61. The molecule has 5 aromatic rings. The average molecular weight is 479 g/mol. The number of benzene rings is 3. The summed E-state index contributed by atoms with van der Waals surface area (Å²) in [5, 5.41) is 4.44. The zero-order chi connectivity index (χ0) is 24.1. The van der Waals surface area contributed by atoms with Gasteiger partial charge in [-0.2, -0.15) is 4.68 Å². The van der Waals surface area contributed by atoms with Crippen molar-refractivity contribution in [2.24, 2.45) is 7.05 Å². The maximum absolute atomic E-state index is 14.3. The predicted molar refractivity (Wildman–Crippen MR) is 129 cm³/mol. The Labute approximate surface area is 199 Å². The molecule has 0 aliphatic rings. The molecule has 0 radical (unpaired) electrons. The van der Waals surface area contributed by atoms with E-state index in [1.165, 1.54) is 23.3 Å². The fraction of sp³-hybridized carbons (Fsp3) is 0.160. The van der Waals surface area contributed by atoms with Crippen molar-refractivity contribution < 1.29 is 13.7 Å². The molecule has 7 nitrogen and oxygen atoms in total. The lowest BCUT2D eigenvalue weighted by molar-refractivity contribution is -0.633. The molecule has 0 unspecified atom stereocenters. The number of aromatic amines is 2. The molecule has 5 rings (SSSR count). The first kappa shape index (κ1) is 21.9. The number of aryl methyl sites for hydroxylation is 3. The molecular formula is C25H22ClFN5O2+. The molecule has 9 heteroatoms. The van der Waals surface area contributed by atoms with Gasteiger partial charge in [-0.3, -0.25) is 4.98 Å². The van der Waals surface area contributed by atoms with Crippen LogP contribution in [0.15, 0.2) is 53.3 Å². The summed E-state index contributed by atoms with van der Waals surface area (Å²) in [5.74, 6) is 0.882. The summed E-state index contributed by atoms with van der Waals surface area (Å²) in [6.45, 7) is 4.16. The summed E-state index contributed by atoms with van der Waals surface area (Å²) in [6, 6.07) is 13.9. The van der Waals surface area contributed by atoms with Crippen molar-refractivity contribution in [1.82, 2.24) is 19.7 Å². The molecule has 34 heavy (non-hydrogen) atoms. The van der Waals surface area contributed by atoms with Crippen LogP contribution in [0.4, 0.5) is 4.39 Å². The summed E-state index contributed by atoms with van der Waals surface area (Å²) in [4.78, 5) is 18.7. The predicted octanol–water partition coefficient (Wildman–Crippen LogP) is 4.62. The van der Waals surface area contributed by atoms with Gasteiger partial charge >= 0.3 is 5.69 Å². The van der Waals surface area contributed by atoms with E-state index in [0.717, 1.165) is 27.1 Å². The van der Waals surface area contributed by atoms with Gasteiger partial charge in [0.25, 0.3) is 5.82 Å². The highest BCUT2D eigenvalue weighted by molar-refractivity contribution is 6.33. The largest absolute Gasteiger partial charge is 0.496 e. The minimum absolute atomic E-state index is 0.0410. The van der Waals surface area contributed by atoms with Gasteiger partial charge in [0.2, 0.25) is 0 Å². The molecule has 0 saturated heterocycles. The van der Waals surface area contributed by atoms with E-state index in [9.17, 15) is 9.18 Å². The molecule has 0 aliphatic heterocycles. The normalized spacial score (nSPS) is 11.4.